The number of hydrogen-bond donors (Lipinski definition) is 2. The van der Waals surface area contributed by atoms with Gasteiger partial charge in [-0.3, -0.25) is 4.79 Å². The van der Waals surface area contributed by atoms with Gasteiger partial charge < -0.3 is 15.2 Å². The molecule has 1 aliphatic heterocycles. The molecule has 0 radical (unpaired) electrons. The highest BCUT2D eigenvalue weighted by atomic mass is 16.5. The first-order chi connectivity index (χ1) is 7.10. The number of aryl methyl sites for hydroxylation is 1. The minimum atomic E-state index is -0.642. The Hall–Kier alpha value is -1.43. The largest absolute Gasteiger partial charge is 0.353 e. The minimum Gasteiger partial charge on any atom is -0.353 e. The molecule has 1 aliphatic rings. The highest BCUT2D eigenvalue weighted by Gasteiger charge is 2.36. The van der Waals surface area contributed by atoms with E-state index >= 15 is 0 Å². The molecule has 1 unspecified atom stereocenters. The van der Waals surface area contributed by atoms with E-state index in [1.165, 1.54) is 0 Å². The number of piperazine rings is 1. The molecule has 1 aromatic heterocycles. The summed E-state index contributed by atoms with van der Waals surface area (Å²) in [5, 5.41) is 9.66. The fraction of sp³-hybridized carbons (Fsp3) is 0.667. The lowest BCUT2D eigenvalue weighted by Gasteiger charge is -2.32. The molecule has 0 spiro atoms. The first-order valence-corrected chi connectivity index (χ1v) is 4.93. The van der Waals surface area contributed by atoms with Gasteiger partial charge in [-0.15, -0.1) is 0 Å². The van der Waals surface area contributed by atoms with Crippen LogP contribution in [0.4, 0.5) is 0 Å². The quantitative estimate of drug-likeness (QED) is 0.681. The predicted molar refractivity (Wildman–Crippen MR) is 52.2 cm³/mol. The monoisotopic (exact) mass is 210 g/mol. The predicted octanol–water partition coefficient (Wildman–Crippen LogP) is -0.601. The summed E-state index contributed by atoms with van der Waals surface area (Å²) >= 11 is 0. The molecule has 2 N–H and O–H groups in total. The number of nitrogens with one attached hydrogen (secondary N) is 2. The van der Waals surface area contributed by atoms with E-state index in [2.05, 4.69) is 20.8 Å². The third-order valence-corrected chi connectivity index (χ3v) is 2.50. The Balaban J connectivity index is 2.12. The molecule has 6 nitrogen and oxygen atoms in total. The summed E-state index contributed by atoms with van der Waals surface area (Å²) in [5.74, 6) is 1.05. The molecule has 0 saturated carbocycles. The molecule has 0 aliphatic carbocycles. The Labute approximate surface area is 87.4 Å². The van der Waals surface area contributed by atoms with E-state index in [4.69, 9.17) is 4.52 Å². The zero-order valence-corrected chi connectivity index (χ0v) is 8.83. The van der Waals surface area contributed by atoms with Crippen LogP contribution in [0.3, 0.4) is 0 Å². The summed E-state index contributed by atoms with van der Waals surface area (Å²) in [7, 11) is 0. The summed E-state index contributed by atoms with van der Waals surface area (Å²) < 4.78 is 5.00. The third-order valence-electron chi connectivity index (χ3n) is 2.50. The topological polar surface area (TPSA) is 80.0 Å². The minimum absolute atomic E-state index is 0.0235. The normalized spacial score (nSPS) is 26.4. The van der Waals surface area contributed by atoms with E-state index in [9.17, 15) is 4.79 Å². The van der Waals surface area contributed by atoms with Crippen molar-refractivity contribution < 1.29 is 9.32 Å². The van der Waals surface area contributed by atoms with Crippen LogP contribution in [0.5, 0.6) is 0 Å². The van der Waals surface area contributed by atoms with Crippen molar-refractivity contribution in [1.82, 2.24) is 20.8 Å². The average molecular weight is 210 g/mol. The van der Waals surface area contributed by atoms with Gasteiger partial charge in [0, 0.05) is 13.1 Å². The molecule has 15 heavy (non-hydrogen) atoms. The second-order valence-corrected chi connectivity index (χ2v) is 3.93. The summed E-state index contributed by atoms with van der Waals surface area (Å²) in [5.41, 5.74) is -0.642. The lowest BCUT2D eigenvalue weighted by atomic mass is 9.95. The summed E-state index contributed by atoms with van der Waals surface area (Å²) in [6.07, 6.45) is 0.416. The molecule has 0 bridgehead atoms. The van der Waals surface area contributed by atoms with Gasteiger partial charge in [-0.2, -0.15) is 4.98 Å². The standard InChI is InChI=1S/C9H14N4O2/c1-6-12-7(15-13-6)5-9(2)8(14)10-3-4-11-9/h11H,3-5H2,1-2H3,(H,10,14). The van der Waals surface area contributed by atoms with Crippen molar-refractivity contribution in [1.29, 1.82) is 0 Å². The Kier molecular flexibility index (Phi) is 2.44. The molecule has 1 amide bonds. The maximum absolute atomic E-state index is 11.7. The maximum Gasteiger partial charge on any atom is 0.240 e. The van der Waals surface area contributed by atoms with Crippen LogP contribution in [0.2, 0.25) is 0 Å². The molecular formula is C9H14N4O2. The van der Waals surface area contributed by atoms with E-state index in [1.807, 2.05) is 6.92 Å². The van der Waals surface area contributed by atoms with Crippen LogP contribution >= 0.6 is 0 Å². The van der Waals surface area contributed by atoms with E-state index in [0.717, 1.165) is 6.54 Å². The van der Waals surface area contributed by atoms with Crippen molar-refractivity contribution in [2.75, 3.05) is 13.1 Å². The first kappa shape index (κ1) is 10.1. The van der Waals surface area contributed by atoms with Gasteiger partial charge in [-0.1, -0.05) is 5.16 Å². The van der Waals surface area contributed by atoms with Gasteiger partial charge in [-0.05, 0) is 13.8 Å². The lowest BCUT2D eigenvalue weighted by molar-refractivity contribution is -0.128. The van der Waals surface area contributed by atoms with Gasteiger partial charge in [0.15, 0.2) is 5.82 Å². The average Bonchev–Trinajstić information content (AvgIpc) is 2.57. The van der Waals surface area contributed by atoms with Crippen LogP contribution in [0.1, 0.15) is 18.6 Å². The van der Waals surface area contributed by atoms with Gasteiger partial charge in [-0.25, -0.2) is 0 Å². The molecule has 1 aromatic rings. The van der Waals surface area contributed by atoms with Crippen LogP contribution in [0.25, 0.3) is 0 Å². The van der Waals surface area contributed by atoms with Crippen molar-refractivity contribution >= 4 is 5.91 Å². The summed E-state index contributed by atoms with van der Waals surface area (Å²) in [6, 6.07) is 0. The molecule has 1 atom stereocenters. The van der Waals surface area contributed by atoms with Gasteiger partial charge in [0.25, 0.3) is 0 Å². The fourth-order valence-corrected chi connectivity index (χ4v) is 1.65. The molecule has 2 rings (SSSR count). The van der Waals surface area contributed by atoms with Gasteiger partial charge >= 0.3 is 0 Å². The van der Waals surface area contributed by atoms with Crippen LogP contribution in [0, 0.1) is 6.92 Å². The lowest BCUT2D eigenvalue weighted by Crippen LogP contribution is -2.62. The number of carbonyl (C=O) groups is 1. The number of hydrogen-bond acceptors (Lipinski definition) is 5. The summed E-state index contributed by atoms with van der Waals surface area (Å²) in [4.78, 5) is 15.8. The van der Waals surface area contributed by atoms with E-state index in [-0.39, 0.29) is 5.91 Å². The number of aromatic nitrogens is 2. The number of rotatable bonds is 2. The van der Waals surface area contributed by atoms with Gasteiger partial charge in [0.1, 0.15) is 5.54 Å². The SMILES string of the molecule is Cc1noc(CC2(C)NCCNC2=O)n1. The molecule has 2 heterocycles. The zero-order valence-electron chi connectivity index (χ0n) is 8.83. The molecule has 1 fully saturated rings. The number of nitrogens with zero attached hydrogens (tertiary/aromatic N) is 2. The summed E-state index contributed by atoms with van der Waals surface area (Å²) in [6.45, 7) is 5.01. The Bertz CT molecular complexity index is 376. The molecule has 1 saturated heterocycles. The Morgan fingerprint density at radius 1 is 1.53 bits per heavy atom. The van der Waals surface area contributed by atoms with Gasteiger partial charge in [0.05, 0.1) is 6.42 Å². The third kappa shape index (κ3) is 1.99. The van der Waals surface area contributed by atoms with E-state index < -0.39 is 5.54 Å². The van der Waals surface area contributed by atoms with E-state index in [0.29, 0.717) is 24.7 Å². The Morgan fingerprint density at radius 2 is 2.33 bits per heavy atom. The second-order valence-electron chi connectivity index (χ2n) is 3.93. The fourth-order valence-electron chi connectivity index (χ4n) is 1.65. The zero-order chi connectivity index (χ0) is 10.9. The molecular weight excluding hydrogens is 196 g/mol. The number of carbonyl (C=O) groups excluding carboxylic acids is 1. The smallest absolute Gasteiger partial charge is 0.240 e. The number of amides is 1. The molecule has 6 heteroatoms. The first-order valence-electron chi connectivity index (χ1n) is 4.93. The Morgan fingerprint density at radius 3 is 2.93 bits per heavy atom. The second kappa shape index (κ2) is 3.62. The maximum atomic E-state index is 11.7. The van der Waals surface area contributed by atoms with Crippen molar-refractivity contribution in [2.24, 2.45) is 0 Å². The van der Waals surface area contributed by atoms with Crippen LogP contribution in [-0.2, 0) is 11.2 Å². The van der Waals surface area contributed by atoms with Crippen molar-refractivity contribution in [3.63, 3.8) is 0 Å². The van der Waals surface area contributed by atoms with Crippen molar-refractivity contribution in [3.05, 3.63) is 11.7 Å². The van der Waals surface area contributed by atoms with Crippen LogP contribution in [-0.4, -0.2) is 34.7 Å². The highest BCUT2D eigenvalue weighted by molar-refractivity contribution is 5.86. The molecule has 82 valence electrons. The van der Waals surface area contributed by atoms with E-state index in [1.54, 1.807) is 6.92 Å². The van der Waals surface area contributed by atoms with Gasteiger partial charge in [0.2, 0.25) is 11.8 Å². The molecule has 0 aromatic carbocycles. The van der Waals surface area contributed by atoms with Crippen LogP contribution in [0.15, 0.2) is 4.52 Å². The van der Waals surface area contributed by atoms with Crippen molar-refractivity contribution in [2.45, 2.75) is 25.8 Å². The van der Waals surface area contributed by atoms with Crippen LogP contribution < -0.4 is 10.6 Å². The van der Waals surface area contributed by atoms with Crippen molar-refractivity contribution in [3.8, 4) is 0 Å². The highest BCUT2D eigenvalue weighted by Crippen LogP contribution is 2.13.